The molecule has 0 atom stereocenters. The van der Waals surface area contributed by atoms with E-state index in [1.165, 1.54) is 27.8 Å². The molecule has 6 nitrogen and oxygen atoms in total. The van der Waals surface area contributed by atoms with Gasteiger partial charge in [-0.15, -0.1) is 0 Å². The van der Waals surface area contributed by atoms with Crippen molar-refractivity contribution in [3.05, 3.63) is 69.1 Å². The number of nitrogens with zero attached hydrogens (tertiary/aromatic N) is 2. The summed E-state index contributed by atoms with van der Waals surface area (Å²) in [6, 6.07) is 9.96. The van der Waals surface area contributed by atoms with Crippen LogP contribution in [0.1, 0.15) is 29.3 Å². The Morgan fingerprint density at radius 1 is 1.20 bits per heavy atom. The lowest BCUT2D eigenvalue weighted by molar-refractivity contribution is -0.137. The highest BCUT2D eigenvalue weighted by Gasteiger charge is 2.16. The normalized spacial score (nSPS) is 10.5. The molecule has 2 rings (SSSR count). The van der Waals surface area contributed by atoms with Crippen molar-refractivity contribution in [2.75, 3.05) is 13.1 Å². The van der Waals surface area contributed by atoms with Gasteiger partial charge in [-0.25, -0.2) is 0 Å². The Bertz CT molecular complexity index is 832. The number of aromatic nitrogens is 1. The average molecular weight is 363 g/mol. The molecule has 0 aliphatic rings. The van der Waals surface area contributed by atoms with E-state index < -0.39 is 5.97 Å². The molecule has 25 heavy (non-hydrogen) atoms. The van der Waals surface area contributed by atoms with Crippen LogP contribution in [0, 0.1) is 0 Å². The maximum absolute atomic E-state index is 12.6. The molecule has 2 aromatic rings. The van der Waals surface area contributed by atoms with Gasteiger partial charge in [0.05, 0.1) is 18.5 Å². The number of halogens is 1. The molecule has 0 radical (unpaired) electrons. The fourth-order valence-corrected chi connectivity index (χ4v) is 2.60. The monoisotopic (exact) mass is 362 g/mol. The number of rotatable bonds is 7. The minimum Gasteiger partial charge on any atom is -0.481 e. The summed E-state index contributed by atoms with van der Waals surface area (Å²) in [5, 5.41) is 9.33. The highest BCUT2D eigenvalue weighted by molar-refractivity contribution is 6.31. The largest absolute Gasteiger partial charge is 0.481 e. The van der Waals surface area contributed by atoms with E-state index in [0.717, 1.165) is 5.56 Å². The van der Waals surface area contributed by atoms with Crippen LogP contribution in [0.5, 0.6) is 0 Å². The maximum atomic E-state index is 12.6. The van der Waals surface area contributed by atoms with Crippen LogP contribution in [0.2, 0.25) is 5.02 Å². The van der Waals surface area contributed by atoms with E-state index in [0.29, 0.717) is 17.1 Å². The molecule has 1 aromatic heterocycles. The number of hydrogen-bond donors (Lipinski definition) is 1. The topological polar surface area (TPSA) is 79.6 Å². The number of amides is 1. The van der Waals surface area contributed by atoms with Crippen LogP contribution in [-0.4, -0.2) is 39.5 Å². The first kappa shape index (κ1) is 18.7. The molecule has 0 fully saturated rings. The summed E-state index contributed by atoms with van der Waals surface area (Å²) >= 11 is 6.13. The third kappa shape index (κ3) is 4.93. The second-order valence-electron chi connectivity index (χ2n) is 5.50. The summed E-state index contributed by atoms with van der Waals surface area (Å²) in [6.45, 7) is 2.53. The molecule has 0 saturated heterocycles. The smallest absolute Gasteiger partial charge is 0.305 e. The minimum atomic E-state index is -0.963. The third-order valence-electron chi connectivity index (χ3n) is 3.79. The van der Waals surface area contributed by atoms with Crippen molar-refractivity contribution in [1.82, 2.24) is 9.47 Å². The lowest BCUT2D eigenvalue weighted by Crippen LogP contribution is -2.34. The summed E-state index contributed by atoms with van der Waals surface area (Å²) in [6.07, 6.45) is 1.36. The first-order valence-corrected chi connectivity index (χ1v) is 8.25. The van der Waals surface area contributed by atoms with Gasteiger partial charge in [-0.1, -0.05) is 29.8 Å². The number of carboxylic acids is 1. The molecule has 0 unspecified atom stereocenters. The van der Waals surface area contributed by atoms with Crippen LogP contribution in [-0.2, 0) is 11.3 Å². The number of hydrogen-bond acceptors (Lipinski definition) is 3. The molecular formula is C18H19ClN2O4. The van der Waals surface area contributed by atoms with E-state index in [4.69, 9.17) is 16.7 Å². The van der Waals surface area contributed by atoms with Crippen molar-refractivity contribution >= 4 is 23.5 Å². The highest BCUT2D eigenvalue weighted by Crippen LogP contribution is 2.16. The van der Waals surface area contributed by atoms with Gasteiger partial charge < -0.3 is 14.6 Å². The van der Waals surface area contributed by atoms with E-state index in [9.17, 15) is 14.4 Å². The number of aliphatic carboxylic acids is 1. The molecular weight excluding hydrogens is 344 g/mol. The average Bonchev–Trinajstić information content (AvgIpc) is 2.59. The quantitative estimate of drug-likeness (QED) is 0.820. The molecule has 132 valence electrons. The maximum Gasteiger partial charge on any atom is 0.305 e. The molecule has 0 aliphatic carbocycles. The van der Waals surface area contributed by atoms with Crippen LogP contribution in [0.4, 0.5) is 0 Å². The fourth-order valence-electron chi connectivity index (χ4n) is 2.41. The van der Waals surface area contributed by atoms with Gasteiger partial charge in [0.2, 0.25) is 0 Å². The van der Waals surface area contributed by atoms with Crippen LogP contribution in [0.3, 0.4) is 0 Å². The lowest BCUT2D eigenvalue weighted by atomic mass is 10.2. The number of benzene rings is 1. The second-order valence-corrected chi connectivity index (χ2v) is 5.91. The summed E-state index contributed by atoms with van der Waals surface area (Å²) < 4.78 is 1.42. The van der Waals surface area contributed by atoms with Gasteiger partial charge in [0, 0.05) is 30.4 Å². The molecule has 0 bridgehead atoms. The Labute approximate surface area is 150 Å². The predicted molar refractivity (Wildman–Crippen MR) is 95.1 cm³/mol. The number of carbonyl (C=O) groups excluding carboxylic acids is 1. The van der Waals surface area contributed by atoms with E-state index in [-0.39, 0.29) is 31.0 Å². The van der Waals surface area contributed by atoms with Gasteiger partial charge in [0.1, 0.15) is 0 Å². The molecule has 1 amide bonds. The van der Waals surface area contributed by atoms with Gasteiger partial charge in [0.25, 0.3) is 11.5 Å². The summed E-state index contributed by atoms with van der Waals surface area (Å²) in [4.78, 5) is 36.8. The van der Waals surface area contributed by atoms with Crippen LogP contribution >= 0.6 is 11.6 Å². The summed E-state index contributed by atoms with van der Waals surface area (Å²) in [5.74, 6) is -1.27. The first-order valence-electron chi connectivity index (χ1n) is 7.87. The number of carbonyl (C=O) groups is 2. The lowest BCUT2D eigenvalue weighted by Gasteiger charge is -2.20. The minimum absolute atomic E-state index is 0.119. The molecule has 0 saturated carbocycles. The van der Waals surface area contributed by atoms with Gasteiger partial charge in [0.15, 0.2) is 0 Å². The highest BCUT2D eigenvalue weighted by atomic mass is 35.5. The molecule has 0 aliphatic heterocycles. The zero-order valence-electron chi connectivity index (χ0n) is 13.8. The van der Waals surface area contributed by atoms with Gasteiger partial charge >= 0.3 is 5.97 Å². The predicted octanol–water partition coefficient (Wildman–Crippen LogP) is 2.49. The van der Waals surface area contributed by atoms with Crippen molar-refractivity contribution in [1.29, 1.82) is 0 Å². The first-order chi connectivity index (χ1) is 11.9. The Kier molecular flexibility index (Phi) is 6.36. The van der Waals surface area contributed by atoms with Crippen molar-refractivity contribution in [2.45, 2.75) is 19.9 Å². The Morgan fingerprint density at radius 2 is 1.92 bits per heavy atom. The van der Waals surface area contributed by atoms with Crippen LogP contribution in [0.25, 0.3) is 0 Å². The Hall–Kier alpha value is -2.60. The van der Waals surface area contributed by atoms with Gasteiger partial charge in [-0.3, -0.25) is 14.4 Å². The third-order valence-corrected chi connectivity index (χ3v) is 4.16. The van der Waals surface area contributed by atoms with E-state index in [1.807, 2.05) is 12.1 Å². The zero-order chi connectivity index (χ0) is 18.4. The Balaban J connectivity index is 2.25. The molecule has 7 heteroatoms. The number of pyridine rings is 1. The van der Waals surface area contributed by atoms with E-state index in [1.54, 1.807) is 19.1 Å². The van der Waals surface area contributed by atoms with Gasteiger partial charge in [-0.05, 0) is 24.6 Å². The van der Waals surface area contributed by atoms with Gasteiger partial charge in [-0.2, -0.15) is 0 Å². The van der Waals surface area contributed by atoms with E-state index in [2.05, 4.69) is 0 Å². The van der Waals surface area contributed by atoms with Crippen molar-refractivity contribution < 1.29 is 14.7 Å². The SMILES string of the molecule is CCN(CCC(=O)O)C(=O)c1ccc(=O)n(Cc2ccccc2Cl)c1. The van der Waals surface area contributed by atoms with Crippen molar-refractivity contribution in [3.63, 3.8) is 0 Å². The summed E-state index contributed by atoms with van der Waals surface area (Å²) in [5.41, 5.74) is 0.859. The van der Waals surface area contributed by atoms with E-state index >= 15 is 0 Å². The van der Waals surface area contributed by atoms with Crippen LogP contribution < -0.4 is 5.56 Å². The Morgan fingerprint density at radius 3 is 2.56 bits per heavy atom. The van der Waals surface area contributed by atoms with Crippen LogP contribution in [0.15, 0.2) is 47.4 Å². The fraction of sp³-hybridized carbons (Fsp3) is 0.278. The zero-order valence-corrected chi connectivity index (χ0v) is 14.6. The molecule has 1 N–H and O–H groups in total. The number of carboxylic acid groups (broad SMARTS) is 1. The second kappa shape index (κ2) is 8.48. The molecule has 0 spiro atoms. The van der Waals surface area contributed by atoms with Crippen molar-refractivity contribution in [3.8, 4) is 0 Å². The summed E-state index contributed by atoms with van der Waals surface area (Å²) in [7, 11) is 0. The molecule has 1 aromatic carbocycles. The standard InChI is InChI=1S/C18H19ClN2O4/c1-2-20(10-9-17(23)24)18(25)14-7-8-16(22)21(12-14)11-13-5-3-4-6-15(13)19/h3-8,12H,2,9-11H2,1H3,(H,23,24). The molecule has 1 heterocycles. The van der Waals surface area contributed by atoms with Crippen molar-refractivity contribution in [2.24, 2.45) is 0 Å².